The Hall–Kier alpha value is -1.06. The van der Waals surface area contributed by atoms with Gasteiger partial charge in [-0.3, -0.25) is 0 Å². The SMILES string of the molecule is O=C(O)c1ccc(CCO)c(Cl)c1. The first kappa shape index (κ1) is 10.0. The van der Waals surface area contributed by atoms with Crippen molar-refractivity contribution in [3.63, 3.8) is 0 Å². The smallest absolute Gasteiger partial charge is 0.335 e. The first-order valence-electron chi connectivity index (χ1n) is 3.77. The number of carboxylic acids is 1. The third-order valence-electron chi connectivity index (χ3n) is 1.68. The summed E-state index contributed by atoms with van der Waals surface area (Å²) in [6.45, 7) is 0.00609. The first-order valence-corrected chi connectivity index (χ1v) is 4.15. The van der Waals surface area contributed by atoms with Crippen molar-refractivity contribution in [1.29, 1.82) is 0 Å². The van der Waals surface area contributed by atoms with E-state index in [0.29, 0.717) is 11.4 Å². The molecule has 0 fully saturated rings. The molecule has 0 aliphatic carbocycles. The molecule has 2 N–H and O–H groups in total. The van der Waals surface area contributed by atoms with Crippen LogP contribution in [0, 0.1) is 0 Å². The molecule has 0 radical (unpaired) electrons. The van der Waals surface area contributed by atoms with E-state index in [1.165, 1.54) is 12.1 Å². The predicted molar refractivity (Wildman–Crippen MR) is 49.2 cm³/mol. The maximum absolute atomic E-state index is 10.5. The topological polar surface area (TPSA) is 57.5 Å². The van der Waals surface area contributed by atoms with Gasteiger partial charge >= 0.3 is 5.97 Å². The molecule has 0 atom stereocenters. The fourth-order valence-corrected chi connectivity index (χ4v) is 1.28. The van der Waals surface area contributed by atoms with E-state index in [4.69, 9.17) is 21.8 Å². The molecular formula is C9H9ClO3. The van der Waals surface area contributed by atoms with Crippen LogP contribution in [0.4, 0.5) is 0 Å². The largest absolute Gasteiger partial charge is 0.478 e. The molecule has 0 unspecified atom stereocenters. The second kappa shape index (κ2) is 4.25. The van der Waals surface area contributed by atoms with Crippen molar-refractivity contribution in [1.82, 2.24) is 0 Å². The van der Waals surface area contributed by atoms with Gasteiger partial charge in [-0.05, 0) is 24.1 Å². The zero-order valence-corrected chi connectivity index (χ0v) is 7.58. The Balaban J connectivity index is 2.98. The third kappa shape index (κ3) is 2.44. The molecule has 4 heteroatoms. The van der Waals surface area contributed by atoms with Crippen molar-refractivity contribution in [3.05, 3.63) is 34.3 Å². The van der Waals surface area contributed by atoms with Gasteiger partial charge in [-0.15, -0.1) is 0 Å². The van der Waals surface area contributed by atoms with Crippen LogP contribution in [0.25, 0.3) is 0 Å². The predicted octanol–water partition coefficient (Wildman–Crippen LogP) is 1.57. The average Bonchev–Trinajstić information content (AvgIpc) is 2.08. The van der Waals surface area contributed by atoms with Gasteiger partial charge in [0.05, 0.1) is 5.56 Å². The highest BCUT2D eigenvalue weighted by molar-refractivity contribution is 6.31. The van der Waals surface area contributed by atoms with E-state index in [1.807, 2.05) is 0 Å². The van der Waals surface area contributed by atoms with Crippen molar-refractivity contribution in [2.24, 2.45) is 0 Å². The number of aromatic carboxylic acids is 1. The number of hydrogen-bond donors (Lipinski definition) is 2. The van der Waals surface area contributed by atoms with Crippen molar-refractivity contribution < 1.29 is 15.0 Å². The van der Waals surface area contributed by atoms with Gasteiger partial charge in [-0.2, -0.15) is 0 Å². The van der Waals surface area contributed by atoms with Crippen molar-refractivity contribution >= 4 is 17.6 Å². The normalized spacial score (nSPS) is 10.0. The lowest BCUT2D eigenvalue weighted by Gasteiger charge is -2.02. The molecule has 1 aromatic rings. The Morgan fingerprint density at radius 3 is 2.62 bits per heavy atom. The monoisotopic (exact) mass is 200 g/mol. The minimum absolute atomic E-state index is 0.00609. The molecule has 0 saturated heterocycles. The van der Waals surface area contributed by atoms with Gasteiger partial charge in [0.15, 0.2) is 0 Å². The fourth-order valence-electron chi connectivity index (χ4n) is 1.00. The third-order valence-corrected chi connectivity index (χ3v) is 2.03. The van der Waals surface area contributed by atoms with Crippen LogP contribution in [-0.2, 0) is 6.42 Å². The van der Waals surface area contributed by atoms with Crippen molar-refractivity contribution in [2.45, 2.75) is 6.42 Å². The molecule has 0 aliphatic heterocycles. The maximum atomic E-state index is 10.5. The highest BCUT2D eigenvalue weighted by Gasteiger charge is 2.05. The number of rotatable bonds is 3. The summed E-state index contributed by atoms with van der Waals surface area (Å²) in [7, 11) is 0. The summed E-state index contributed by atoms with van der Waals surface area (Å²) in [5.41, 5.74) is 0.917. The molecule has 70 valence electrons. The van der Waals surface area contributed by atoms with Gasteiger partial charge in [0.25, 0.3) is 0 Å². The van der Waals surface area contributed by atoms with E-state index in [9.17, 15) is 4.79 Å². The molecular weight excluding hydrogens is 192 g/mol. The van der Waals surface area contributed by atoms with E-state index in [1.54, 1.807) is 6.07 Å². The van der Waals surface area contributed by atoms with Crippen LogP contribution >= 0.6 is 11.6 Å². The quantitative estimate of drug-likeness (QED) is 0.779. The van der Waals surface area contributed by atoms with Gasteiger partial charge in [0.1, 0.15) is 0 Å². The number of halogens is 1. The Kier molecular flexibility index (Phi) is 3.28. The van der Waals surface area contributed by atoms with Crippen LogP contribution in [-0.4, -0.2) is 22.8 Å². The summed E-state index contributed by atoms with van der Waals surface area (Å²) in [6, 6.07) is 4.47. The van der Waals surface area contributed by atoms with Gasteiger partial charge < -0.3 is 10.2 Å². The number of aliphatic hydroxyl groups excluding tert-OH is 1. The van der Waals surface area contributed by atoms with Gasteiger partial charge in [-0.25, -0.2) is 4.79 Å². The highest BCUT2D eigenvalue weighted by atomic mass is 35.5. The summed E-state index contributed by atoms with van der Waals surface area (Å²) in [5, 5.41) is 17.7. The van der Waals surface area contributed by atoms with Crippen LogP contribution in [0.15, 0.2) is 18.2 Å². The fraction of sp³-hybridized carbons (Fsp3) is 0.222. The van der Waals surface area contributed by atoms with E-state index < -0.39 is 5.97 Å². The molecule has 1 rings (SSSR count). The molecule has 0 bridgehead atoms. The van der Waals surface area contributed by atoms with E-state index >= 15 is 0 Å². The van der Waals surface area contributed by atoms with Crippen LogP contribution < -0.4 is 0 Å². The second-order valence-electron chi connectivity index (χ2n) is 2.58. The molecule has 0 aromatic heterocycles. The summed E-state index contributed by atoms with van der Waals surface area (Å²) < 4.78 is 0. The minimum Gasteiger partial charge on any atom is -0.478 e. The maximum Gasteiger partial charge on any atom is 0.335 e. The number of carbonyl (C=O) groups is 1. The summed E-state index contributed by atoms with van der Waals surface area (Å²) >= 11 is 5.78. The molecule has 0 aliphatic rings. The lowest BCUT2D eigenvalue weighted by atomic mass is 10.1. The first-order chi connectivity index (χ1) is 6.15. The molecule has 0 saturated carbocycles. The Bertz CT molecular complexity index is 323. The molecule has 3 nitrogen and oxygen atoms in total. The molecule has 0 spiro atoms. The van der Waals surface area contributed by atoms with E-state index in [0.717, 1.165) is 5.56 Å². The van der Waals surface area contributed by atoms with Crippen LogP contribution in [0.5, 0.6) is 0 Å². The Labute approximate surface area is 80.6 Å². The zero-order valence-electron chi connectivity index (χ0n) is 6.83. The van der Waals surface area contributed by atoms with Crippen LogP contribution in [0.2, 0.25) is 5.02 Å². The number of aliphatic hydroxyl groups is 1. The van der Waals surface area contributed by atoms with Crippen molar-refractivity contribution in [3.8, 4) is 0 Å². The highest BCUT2D eigenvalue weighted by Crippen LogP contribution is 2.18. The van der Waals surface area contributed by atoms with Gasteiger partial charge in [-0.1, -0.05) is 17.7 Å². The number of hydrogen-bond acceptors (Lipinski definition) is 2. The summed E-state index contributed by atoms with van der Waals surface area (Å²) in [6.07, 6.45) is 0.443. The zero-order chi connectivity index (χ0) is 9.84. The second-order valence-corrected chi connectivity index (χ2v) is 2.99. The van der Waals surface area contributed by atoms with Gasteiger partial charge in [0, 0.05) is 11.6 Å². The average molecular weight is 201 g/mol. The lowest BCUT2D eigenvalue weighted by Crippen LogP contribution is -1.98. The van der Waals surface area contributed by atoms with Crippen LogP contribution in [0.1, 0.15) is 15.9 Å². The lowest BCUT2D eigenvalue weighted by molar-refractivity contribution is 0.0697. The molecule has 1 aromatic carbocycles. The standard InChI is InChI=1S/C9H9ClO3/c10-8-5-7(9(12)13)2-1-6(8)3-4-11/h1-2,5,11H,3-4H2,(H,12,13). The summed E-state index contributed by atoms with van der Waals surface area (Å²) in [4.78, 5) is 10.5. The Morgan fingerprint density at radius 2 is 2.15 bits per heavy atom. The summed E-state index contributed by atoms with van der Waals surface area (Å²) in [5.74, 6) is -1.00. The van der Waals surface area contributed by atoms with Gasteiger partial charge in [0.2, 0.25) is 0 Å². The van der Waals surface area contributed by atoms with Crippen molar-refractivity contribution in [2.75, 3.05) is 6.61 Å². The number of benzene rings is 1. The number of carboxylic acid groups (broad SMARTS) is 1. The molecule has 13 heavy (non-hydrogen) atoms. The van der Waals surface area contributed by atoms with E-state index in [-0.39, 0.29) is 12.2 Å². The Morgan fingerprint density at radius 1 is 1.46 bits per heavy atom. The van der Waals surface area contributed by atoms with E-state index in [2.05, 4.69) is 0 Å². The van der Waals surface area contributed by atoms with Crippen LogP contribution in [0.3, 0.4) is 0 Å². The minimum atomic E-state index is -1.00. The molecule has 0 amide bonds. The molecule has 0 heterocycles.